The fourth-order valence-electron chi connectivity index (χ4n) is 3.73. The molecule has 0 aromatic heterocycles. The first kappa shape index (κ1) is 17.6. The quantitative estimate of drug-likeness (QED) is 0.778. The molecule has 140 valence electrons. The molecule has 0 unspecified atom stereocenters. The molecule has 2 aliphatic heterocycles. The van der Waals surface area contributed by atoms with Gasteiger partial charge in [-0.05, 0) is 30.9 Å². The normalized spacial score (nSPS) is 16.9. The Labute approximate surface area is 158 Å². The van der Waals surface area contributed by atoms with Gasteiger partial charge in [0.05, 0.1) is 0 Å². The number of likely N-dealkylation sites (tertiary alicyclic amines) is 1. The molecule has 5 heteroatoms. The number of fused-ring (bicyclic) bond motifs is 2. The van der Waals surface area contributed by atoms with Crippen molar-refractivity contribution in [2.24, 2.45) is 5.92 Å². The number of nitrogens with zero attached hydrogens (tertiary/aromatic N) is 1. The molecule has 27 heavy (non-hydrogen) atoms. The molecule has 1 amide bonds. The minimum Gasteiger partial charge on any atom is -0.457 e. The number of rotatable bonds is 3. The Hall–Kier alpha value is -2.82. The van der Waals surface area contributed by atoms with E-state index in [1.165, 1.54) is 0 Å². The topological polar surface area (TPSA) is 55.8 Å². The number of piperidine rings is 1. The summed E-state index contributed by atoms with van der Waals surface area (Å²) in [5.74, 6) is 0.817. The number of carbonyl (C=O) groups is 2. The second kappa shape index (κ2) is 7.43. The highest BCUT2D eigenvalue weighted by Gasteiger charge is 2.34. The highest BCUT2D eigenvalue weighted by molar-refractivity contribution is 5.87. The zero-order valence-corrected chi connectivity index (χ0v) is 15.4. The second-order valence-corrected chi connectivity index (χ2v) is 7.28. The van der Waals surface area contributed by atoms with Crippen LogP contribution in [-0.4, -0.2) is 36.5 Å². The van der Waals surface area contributed by atoms with Gasteiger partial charge >= 0.3 is 5.97 Å². The fraction of sp³-hybridized carbons (Fsp3) is 0.364. The van der Waals surface area contributed by atoms with E-state index in [-0.39, 0.29) is 12.5 Å². The number of ether oxygens (including phenoxy) is 2. The zero-order valence-electron chi connectivity index (χ0n) is 15.4. The SMILES string of the molecule is CC1CCN(C(=O)COC(=O)C2c3ccccc3Oc3ccccc32)CC1. The van der Waals surface area contributed by atoms with Crippen LogP contribution in [0.25, 0.3) is 0 Å². The average Bonchev–Trinajstić information content (AvgIpc) is 2.70. The summed E-state index contributed by atoms with van der Waals surface area (Å²) in [6.45, 7) is 3.46. The first-order valence-corrected chi connectivity index (χ1v) is 9.43. The lowest BCUT2D eigenvalue weighted by Gasteiger charge is -2.30. The summed E-state index contributed by atoms with van der Waals surface area (Å²) in [5, 5.41) is 0. The van der Waals surface area contributed by atoms with E-state index in [1.807, 2.05) is 48.5 Å². The van der Waals surface area contributed by atoms with Gasteiger partial charge in [-0.15, -0.1) is 0 Å². The number of esters is 1. The summed E-state index contributed by atoms with van der Waals surface area (Å²) < 4.78 is 11.4. The maximum absolute atomic E-state index is 12.9. The molecule has 0 spiro atoms. The maximum atomic E-state index is 12.9. The van der Waals surface area contributed by atoms with E-state index in [2.05, 4.69) is 6.92 Å². The van der Waals surface area contributed by atoms with E-state index < -0.39 is 11.9 Å². The minimum atomic E-state index is -0.583. The molecule has 5 nitrogen and oxygen atoms in total. The fourth-order valence-corrected chi connectivity index (χ4v) is 3.73. The number of hydrogen-bond donors (Lipinski definition) is 0. The first-order chi connectivity index (χ1) is 13.1. The van der Waals surface area contributed by atoms with Gasteiger partial charge in [0.25, 0.3) is 5.91 Å². The van der Waals surface area contributed by atoms with Crippen molar-refractivity contribution in [3.63, 3.8) is 0 Å². The van der Waals surface area contributed by atoms with Gasteiger partial charge in [0, 0.05) is 24.2 Å². The van der Waals surface area contributed by atoms with Gasteiger partial charge in [0.15, 0.2) is 6.61 Å². The Balaban J connectivity index is 1.49. The molecule has 4 rings (SSSR count). The molecule has 2 aliphatic rings. The number of amides is 1. The Morgan fingerprint density at radius 1 is 1.00 bits per heavy atom. The van der Waals surface area contributed by atoms with Crippen LogP contribution in [0.2, 0.25) is 0 Å². The van der Waals surface area contributed by atoms with Crippen LogP contribution in [-0.2, 0) is 14.3 Å². The maximum Gasteiger partial charge on any atom is 0.318 e. The van der Waals surface area contributed by atoms with Gasteiger partial charge in [-0.2, -0.15) is 0 Å². The lowest BCUT2D eigenvalue weighted by molar-refractivity contribution is -0.153. The molecule has 1 saturated heterocycles. The van der Waals surface area contributed by atoms with Crippen LogP contribution in [0.5, 0.6) is 11.5 Å². The van der Waals surface area contributed by atoms with E-state index in [0.717, 1.165) is 37.1 Å². The molecule has 2 heterocycles. The number of carbonyl (C=O) groups excluding carboxylic acids is 2. The van der Waals surface area contributed by atoms with E-state index >= 15 is 0 Å². The minimum absolute atomic E-state index is 0.121. The Morgan fingerprint density at radius 2 is 1.56 bits per heavy atom. The molecular formula is C22H23NO4. The average molecular weight is 365 g/mol. The molecule has 0 radical (unpaired) electrons. The van der Waals surface area contributed by atoms with Crippen LogP contribution < -0.4 is 4.74 Å². The van der Waals surface area contributed by atoms with Crippen LogP contribution in [0.15, 0.2) is 48.5 Å². The molecule has 2 aromatic rings. The van der Waals surface area contributed by atoms with Crippen LogP contribution in [0.4, 0.5) is 0 Å². The van der Waals surface area contributed by atoms with Crippen molar-refractivity contribution in [1.82, 2.24) is 4.90 Å². The molecule has 1 fully saturated rings. The first-order valence-electron chi connectivity index (χ1n) is 9.43. The third-order valence-corrected chi connectivity index (χ3v) is 5.39. The lowest BCUT2D eigenvalue weighted by atomic mass is 9.88. The van der Waals surface area contributed by atoms with Gasteiger partial charge in [-0.3, -0.25) is 9.59 Å². The van der Waals surface area contributed by atoms with Gasteiger partial charge in [0.2, 0.25) is 0 Å². The molecule has 0 atom stereocenters. The van der Waals surface area contributed by atoms with Crippen LogP contribution >= 0.6 is 0 Å². The smallest absolute Gasteiger partial charge is 0.318 e. The highest BCUT2D eigenvalue weighted by Crippen LogP contribution is 2.44. The van der Waals surface area contributed by atoms with Crippen molar-refractivity contribution in [3.8, 4) is 11.5 Å². The van der Waals surface area contributed by atoms with Crippen molar-refractivity contribution in [2.45, 2.75) is 25.7 Å². The number of benzene rings is 2. The van der Waals surface area contributed by atoms with Crippen molar-refractivity contribution in [1.29, 1.82) is 0 Å². The van der Waals surface area contributed by atoms with E-state index in [0.29, 0.717) is 17.4 Å². The van der Waals surface area contributed by atoms with Crippen molar-refractivity contribution in [2.75, 3.05) is 19.7 Å². The zero-order chi connectivity index (χ0) is 18.8. The number of para-hydroxylation sites is 2. The largest absolute Gasteiger partial charge is 0.457 e. The standard InChI is InChI=1S/C22H23NO4/c1-15-10-12-23(13-11-15)20(24)14-26-22(25)21-16-6-2-4-8-18(16)27-19-9-5-3-7-17(19)21/h2-9,15,21H,10-14H2,1H3. The molecule has 2 aromatic carbocycles. The van der Waals surface area contributed by atoms with Gasteiger partial charge in [-0.1, -0.05) is 43.3 Å². The van der Waals surface area contributed by atoms with E-state index in [9.17, 15) is 9.59 Å². The monoisotopic (exact) mass is 365 g/mol. The molecule has 0 bridgehead atoms. The van der Waals surface area contributed by atoms with Crippen molar-refractivity contribution in [3.05, 3.63) is 59.7 Å². The van der Waals surface area contributed by atoms with Gasteiger partial charge in [-0.25, -0.2) is 0 Å². The van der Waals surface area contributed by atoms with Gasteiger partial charge in [0.1, 0.15) is 17.4 Å². The second-order valence-electron chi connectivity index (χ2n) is 7.28. The predicted molar refractivity (Wildman–Crippen MR) is 101 cm³/mol. The Morgan fingerprint density at radius 3 is 2.15 bits per heavy atom. The van der Waals surface area contributed by atoms with Crippen molar-refractivity contribution < 1.29 is 19.1 Å². The molecule has 0 saturated carbocycles. The summed E-state index contributed by atoms with van der Waals surface area (Å²) in [6, 6.07) is 14.9. The van der Waals surface area contributed by atoms with E-state index in [4.69, 9.17) is 9.47 Å². The molecular weight excluding hydrogens is 342 g/mol. The number of hydrogen-bond acceptors (Lipinski definition) is 4. The third kappa shape index (κ3) is 3.54. The van der Waals surface area contributed by atoms with Crippen LogP contribution in [0.3, 0.4) is 0 Å². The van der Waals surface area contributed by atoms with Crippen molar-refractivity contribution >= 4 is 11.9 Å². The molecule has 0 aliphatic carbocycles. The summed E-state index contributed by atoms with van der Waals surface area (Å²) >= 11 is 0. The Kier molecular flexibility index (Phi) is 4.84. The summed E-state index contributed by atoms with van der Waals surface area (Å²) in [4.78, 5) is 27.1. The lowest BCUT2D eigenvalue weighted by Crippen LogP contribution is -2.40. The molecule has 0 N–H and O–H groups in total. The predicted octanol–water partition coefficient (Wildman–Crippen LogP) is 3.73. The highest BCUT2D eigenvalue weighted by atomic mass is 16.5. The van der Waals surface area contributed by atoms with Crippen LogP contribution in [0.1, 0.15) is 36.8 Å². The summed E-state index contributed by atoms with van der Waals surface area (Å²) in [5.41, 5.74) is 1.53. The van der Waals surface area contributed by atoms with Gasteiger partial charge < -0.3 is 14.4 Å². The third-order valence-electron chi connectivity index (χ3n) is 5.39. The Bertz CT molecular complexity index is 809. The summed E-state index contributed by atoms with van der Waals surface area (Å²) in [7, 11) is 0. The van der Waals surface area contributed by atoms with Crippen LogP contribution in [0, 0.1) is 5.92 Å². The summed E-state index contributed by atoms with van der Waals surface area (Å²) in [6.07, 6.45) is 2.00. The van der Waals surface area contributed by atoms with E-state index in [1.54, 1.807) is 4.90 Å².